The van der Waals surface area contributed by atoms with Crippen LogP contribution in [0.1, 0.15) is 18.1 Å². The van der Waals surface area contributed by atoms with E-state index in [2.05, 4.69) is 15.9 Å². The average molecular weight is 283 g/mol. The molecule has 15 heavy (non-hydrogen) atoms. The molecule has 0 amide bonds. The normalized spacial score (nSPS) is 11.5. The zero-order valence-electron chi connectivity index (χ0n) is 8.07. The van der Waals surface area contributed by atoms with Gasteiger partial charge in [-0.25, -0.2) is 0 Å². The number of para-hydroxylation sites is 1. The summed E-state index contributed by atoms with van der Waals surface area (Å²) in [6.07, 6.45) is -3.87. The van der Waals surface area contributed by atoms with E-state index in [0.29, 0.717) is 12.0 Å². The molecule has 0 atom stereocenters. The third kappa shape index (κ3) is 2.87. The van der Waals surface area contributed by atoms with Crippen LogP contribution < -0.4 is 4.74 Å². The molecule has 0 aliphatic carbocycles. The molecule has 1 aromatic rings. The fourth-order valence-corrected chi connectivity index (χ4v) is 1.54. The van der Waals surface area contributed by atoms with Crippen LogP contribution in [0.2, 0.25) is 0 Å². The first-order chi connectivity index (χ1) is 7.00. The molecule has 1 nitrogen and oxygen atoms in total. The van der Waals surface area contributed by atoms with E-state index in [9.17, 15) is 13.2 Å². The number of hydrogen-bond donors (Lipinski definition) is 0. The second-order valence-corrected chi connectivity index (χ2v) is 3.36. The summed E-state index contributed by atoms with van der Waals surface area (Å²) in [4.78, 5) is 0. The molecule has 0 aliphatic rings. The predicted molar refractivity (Wildman–Crippen MR) is 55.2 cm³/mol. The quantitative estimate of drug-likeness (QED) is 0.762. The van der Waals surface area contributed by atoms with Crippen molar-refractivity contribution in [3.8, 4) is 5.75 Å². The van der Waals surface area contributed by atoms with Gasteiger partial charge in [-0.15, -0.1) is 0 Å². The molecule has 0 aromatic heterocycles. The zero-order chi connectivity index (χ0) is 11.5. The number of aryl methyl sites for hydroxylation is 1. The molecule has 0 heterocycles. The smallest absolute Gasteiger partial charge is 0.419 e. The molecule has 0 unspecified atom stereocenters. The number of alkyl halides is 4. The molecule has 0 fully saturated rings. The van der Waals surface area contributed by atoms with Crippen LogP contribution in [0.15, 0.2) is 18.2 Å². The second-order valence-electron chi connectivity index (χ2n) is 2.90. The molecule has 0 bridgehead atoms. The standard InChI is InChI=1S/C10H10BrF3O/c1-2-7-4-3-5-8(10(12,13)14)9(7)15-6-11/h3-5H,2,6H2,1H3. The third-order valence-electron chi connectivity index (χ3n) is 1.98. The highest BCUT2D eigenvalue weighted by Crippen LogP contribution is 2.38. The molecule has 84 valence electrons. The Kier molecular flexibility index (Phi) is 4.02. The van der Waals surface area contributed by atoms with Gasteiger partial charge in [0.25, 0.3) is 0 Å². The van der Waals surface area contributed by atoms with Crippen LogP contribution in [0.3, 0.4) is 0 Å². The van der Waals surface area contributed by atoms with Gasteiger partial charge in [0, 0.05) is 0 Å². The van der Waals surface area contributed by atoms with Crippen LogP contribution in [-0.2, 0) is 12.6 Å². The van der Waals surface area contributed by atoms with Gasteiger partial charge in [0.05, 0.1) is 5.56 Å². The van der Waals surface area contributed by atoms with E-state index >= 15 is 0 Å². The van der Waals surface area contributed by atoms with Crippen molar-refractivity contribution < 1.29 is 17.9 Å². The van der Waals surface area contributed by atoms with Gasteiger partial charge in [-0.2, -0.15) is 13.2 Å². The van der Waals surface area contributed by atoms with Crippen molar-refractivity contribution in [3.63, 3.8) is 0 Å². The Hall–Kier alpha value is -0.710. The molecule has 0 saturated carbocycles. The molecule has 0 spiro atoms. The van der Waals surface area contributed by atoms with Crippen molar-refractivity contribution in [1.29, 1.82) is 0 Å². The van der Waals surface area contributed by atoms with Crippen LogP contribution in [0.4, 0.5) is 13.2 Å². The van der Waals surface area contributed by atoms with Crippen molar-refractivity contribution in [2.75, 3.05) is 5.52 Å². The first-order valence-corrected chi connectivity index (χ1v) is 5.50. The van der Waals surface area contributed by atoms with E-state index in [4.69, 9.17) is 4.74 Å². The zero-order valence-corrected chi connectivity index (χ0v) is 9.65. The van der Waals surface area contributed by atoms with Crippen molar-refractivity contribution in [3.05, 3.63) is 29.3 Å². The minimum Gasteiger partial charge on any atom is -0.482 e. The summed E-state index contributed by atoms with van der Waals surface area (Å²) in [5.74, 6) is -0.0793. The number of rotatable bonds is 3. The van der Waals surface area contributed by atoms with Crippen LogP contribution in [-0.4, -0.2) is 5.52 Å². The largest absolute Gasteiger partial charge is 0.482 e. The lowest BCUT2D eigenvalue weighted by Gasteiger charge is -2.15. The van der Waals surface area contributed by atoms with E-state index in [-0.39, 0.29) is 11.3 Å². The summed E-state index contributed by atoms with van der Waals surface area (Å²) in [7, 11) is 0. The third-order valence-corrected chi connectivity index (χ3v) is 2.21. The molecule has 0 radical (unpaired) electrons. The van der Waals surface area contributed by atoms with Gasteiger partial charge in [0.15, 0.2) is 0 Å². The minimum absolute atomic E-state index is 0.0487. The van der Waals surface area contributed by atoms with Gasteiger partial charge < -0.3 is 4.74 Å². The van der Waals surface area contributed by atoms with E-state index < -0.39 is 11.7 Å². The van der Waals surface area contributed by atoms with Crippen LogP contribution >= 0.6 is 15.9 Å². The van der Waals surface area contributed by atoms with Gasteiger partial charge in [0.2, 0.25) is 0 Å². The minimum atomic E-state index is -4.37. The topological polar surface area (TPSA) is 9.23 Å². The highest BCUT2D eigenvalue weighted by molar-refractivity contribution is 9.09. The summed E-state index contributed by atoms with van der Waals surface area (Å²) >= 11 is 2.96. The monoisotopic (exact) mass is 282 g/mol. The van der Waals surface area contributed by atoms with E-state index in [0.717, 1.165) is 6.07 Å². The maximum absolute atomic E-state index is 12.6. The fourth-order valence-electron chi connectivity index (χ4n) is 1.31. The number of halogens is 4. The first-order valence-electron chi connectivity index (χ1n) is 4.38. The van der Waals surface area contributed by atoms with E-state index in [1.165, 1.54) is 6.07 Å². The van der Waals surface area contributed by atoms with Gasteiger partial charge in [-0.05, 0) is 34.0 Å². The van der Waals surface area contributed by atoms with E-state index in [1.54, 1.807) is 13.0 Å². The Morgan fingerprint density at radius 1 is 1.33 bits per heavy atom. The summed E-state index contributed by atoms with van der Waals surface area (Å²) in [5.41, 5.74) is -0.113. The summed E-state index contributed by atoms with van der Waals surface area (Å²) < 4.78 is 42.8. The van der Waals surface area contributed by atoms with Gasteiger partial charge in [-0.3, -0.25) is 0 Å². The maximum atomic E-state index is 12.6. The summed E-state index contributed by atoms with van der Waals surface area (Å²) in [5, 5.41) is 0. The van der Waals surface area contributed by atoms with Crippen molar-refractivity contribution >= 4 is 15.9 Å². The van der Waals surface area contributed by atoms with Gasteiger partial charge >= 0.3 is 6.18 Å². The van der Waals surface area contributed by atoms with Crippen LogP contribution in [0.25, 0.3) is 0 Å². The molecular weight excluding hydrogens is 273 g/mol. The Bertz CT molecular complexity index is 336. The Morgan fingerprint density at radius 2 is 2.00 bits per heavy atom. The number of ether oxygens (including phenoxy) is 1. The molecule has 0 N–H and O–H groups in total. The Labute approximate surface area is 94.4 Å². The van der Waals surface area contributed by atoms with Crippen molar-refractivity contribution in [2.24, 2.45) is 0 Å². The van der Waals surface area contributed by atoms with Crippen molar-refractivity contribution in [2.45, 2.75) is 19.5 Å². The first kappa shape index (κ1) is 12.4. The summed E-state index contributed by atoms with van der Waals surface area (Å²) in [6, 6.07) is 4.05. The SMILES string of the molecule is CCc1cccc(C(F)(F)F)c1OCBr. The summed E-state index contributed by atoms with van der Waals surface area (Å²) in [6.45, 7) is 1.79. The molecule has 1 rings (SSSR count). The predicted octanol–water partition coefficient (Wildman–Crippen LogP) is 4.00. The van der Waals surface area contributed by atoms with Crippen LogP contribution in [0, 0.1) is 0 Å². The maximum Gasteiger partial charge on any atom is 0.419 e. The lowest BCUT2D eigenvalue weighted by molar-refractivity contribution is -0.138. The second kappa shape index (κ2) is 4.88. The number of benzene rings is 1. The Morgan fingerprint density at radius 3 is 2.47 bits per heavy atom. The Balaban J connectivity index is 3.25. The highest BCUT2D eigenvalue weighted by Gasteiger charge is 2.35. The molecule has 5 heteroatoms. The van der Waals surface area contributed by atoms with Crippen LogP contribution in [0.5, 0.6) is 5.75 Å². The van der Waals surface area contributed by atoms with Gasteiger partial charge in [0.1, 0.15) is 11.3 Å². The number of hydrogen-bond acceptors (Lipinski definition) is 1. The molecule has 1 aromatic carbocycles. The molecular formula is C10H10BrF3O. The lowest BCUT2D eigenvalue weighted by atomic mass is 10.1. The fraction of sp³-hybridized carbons (Fsp3) is 0.400. The van der Waals surface area contributed by atoms with Gasteiger partial charge in [-0.1, -0.05) is 19.1 Å². The highest BCUT2D eigenvalue weighted by atomic mass is 79.9. The molecule has 0 aliphatic heterocycles. The average Bonchev–Trinajstić information content (AvgIpc) is 2.17. The van der Waals surface area contributed by atoms with Crippen molar-refractivity contribution in [1.82, 2.24) is 0 Å². The lowest BCUT2D eigenvalue weighted by Crippen LogP contribution is -2.09. The van der Waals surface area contributed by atoms with E-state index in [1.807, 2.05) is 0 Å². The molecule has 0 saturated heterocycles.